The third-order valence-corrected chi connectivity index (χ3v) is 4.16. The predicted molar refractivity (Wildman–Crippen MR) is 72.5 cm³/mol. The summed E-state index contributed by atoms with van der Waals surface area (Å²) in [7, 11) is 0. The normalized spacial score (nSPS) is 21.8. The van der Waals surface area contributed by atoms with E-state index in [9.17, 15) is 5.11 Å². The Morgan fingerprint density at radius 1 is 1.17 bits per heavy atom. The minimum Gasteiger partial charge on any atom is -0.396 e. The molecule has 1 radical (unpaired) electrons. The van der Waals surface area contributed by atoms with Gasteiger partial charge in [0, 0.05) is 12.0 Å². The van der Waals surface area contributed by atoms with E-state index < -0.39 is 0 Å². The van der Waals surface area contributed by atoms with Crippen molar-refractivity contribution in [2.45, 2.75) is 24.7 Å². The number of hydrogen-bond acceptors (Lipinski definition) is 1. The molecule has 1 heteroatoms. The predicted octanol–water partition coefficient (Wildman–Crippen LogP) is 3.10. The minimum atomic E-state index is -0.0108. The van der Waals surface area contributed by atoms with Gasteiger partial charge in [-0.05, 0) is 48.1 Å². The maximum Gasteiger partial charge on any atom is 0.0442 e. The van der Waals surface area contributed by atoms with E-state index >= 15 is 0 Å². The van der Waals surface area contributed by atoms with Crippen molar-refractivity contribution >= 4 is 0 Å². The lowest BCUT2D eigenvalue weighted by molar-refractivity contribution is 0.252. The highest BCUT2D eigenvalue weighted by Gasteiger charge is 2.39. The summed E-state index contributed by atoms with van der Waals surface area (Å²) in [6, 6.07) is 20.0. The Labute approximate surface area is 108 Å². The van der Waals surface area contributed by atoms with Gasteiger partial charge in [-0.15, -0.1) is 0 Å². The third-order valence-electron chi connectivity index (χ3n) is 4.16. The van der Waals surface area contributed by atoms with Gasteiger partial charge < -0.3 is 5.11 Å². The first-order valence-electron chi connectivity index (χ1n) is 6.53. The van der Waals surface area contributed by atoms with E-state index in [0.717, 1.165) is 19.3 Å². The van der Waals surface area contributed by atoms with Crippen molar-refractivity contribution in [3.8, 4) is 0 Å². The topological polar surface area (TPSA) is 20.2 Å². The van der Waals surface area contributed by atoms with Gasteiger partial charge in [0.1, 0.15) is 0 Å². The Balaban J connectivity index is 2.15. The van der Waals surface area contributed by atoms with E-state index in [1.807, 2.05) is 12.1 Å². The van der Waals surface area contributed by atoms with Gasteiger partial charge in [-0.3, -0.25) is 0 Å². The Morgan fingerprint density at radius 2 is 2.00 bits per heavy atom. The van der Waals surface area contributed by atoms with E-state index in [-0.39, 0.29) is 12.0 Å². The molecule has 1 aliphatic carbocycles. The highest BCUT2D eigenvalue weighted by molar-refractivity contribution is 5.47. The number of aliphatic hydroxyl groups is 1. The van der Waals surface area contributed by atoms with Gasteiger partial charge in [0.2, 0.25) is 0 Å². The Kier molecular flexibility index (Phi) is 2.92. The van der Waals surface area contributed by atoms with Crippen LogP contribution >= 0.6 is 0 Å². The fourth-order valence-corrected chi connectivity index (χ4v) is 3.26. The lowest BCUT2D eigenvalue weighted by atomic mass is 9.73. The van der Waals surface area contributed by atoms with E-state index in [2.05, 4.69) is 42.5 Å². The van der Waals surface area contributed by atoms with Gasteiger partial charge in [-0.25, -0.2) is 0 Å². The van der Waals surface area contributed by atoms with E-state index in [1.54, 1.807) is 0 Å². The Bertz CT molecular complexity index is 528. The number of rotatable bonds is 3. The van der Waals surface area contributed by atoms with Crippen LogP contribution in [0.15, 0.2) is 48.5 Å². The number of benzene rings is 2. The zero-order valence-electron chi connectivity index (χ0n) is 10.4. The molecule has 3 rings (SSSR count). The highest BCUT2D eigenvalue weighted by atomic mass is 16.3. The Hall–Kier alpha value is -1.60. The maximum absolute atomic E-state index is 9.47. The largest absolute Gasteiger partial charge is 0.396 e. The monoisotopic (exact) mass is 237 g/mol. The molecule has 0 bridgehead atoms. The number of aryl methyl sites for hydroxylation is 1. The first-order valence-corrected chi connectivity index (χ1v) is 6.53. The van der Waals surface area contributed by atoms with Gasteiger partial charge in [0.25, 0.3) is 0 Å². The Morgan fingerprint density at radius 3 is 2.78 bits per heavy atom. The summed E-state index contributed by atoms with van der Waals surface area (Å²) < 4.78 is 0. The molecule has 0 aliphatic heterocycles. The number of aliphatic hydroxyl groups excluding tert-OH is 1. The van der Waals surface area contributed by atoms with Crippen LogP contribution in [0.1, 0.15) is 29.5 Å². The highest BCUT2D eigenvalue weighted by Crippen LogP contribution is 2.46. The molecule has 0 spiro atoms. The van der Waals surface area contributed by atoms with E-state index in [0.29, 0.717) is 0 Å². The standard InChI is InChI=1S/C17H17O/c18-13-12-17(15-7-2-1-3-8-15)11-10-14-6-4-5-9-16(14)17/h1-4,6-9,18H,10-13H2. The van der Waals surface area contributed by atoms with Gasteiger partial charge in [-0.2, -0.15) is 0 Å². The second-order valence-corrected chi connectivity index (χ2v) is 5.00. The third kappa shape index (κ3) is 1.67. The molecule has 0 aromatic heterocycles. The molecule has 0 saturated heterocycles. The smallest absolute Gasteiger partial charge is 0.0442 e. The molecule has 0 saturated carbocycles. The molecule has 2 aromatic rings. The van der Waals surface area contributed by atoms with Crippen LogP contribution < -0.4 is 0 Å². The van der Waals surface area contributed by atoms with Gasteiger partial charge >= 0.3 is 0 Å². The van der Waals surface area contributed by atoms with E-state index in [1.165, 1.54) is 16.7 Å². The quantitative estimate of drug-likeness (QED) is 0.869. The SMILES string of the molecule is OCCC1(c2ccccc2)CCc2cc[c]cc21. The van der Waals surface area contributed by atoms with Crippen LogP contribution in [-0.2, 0) is 11.8 Å². The van der Waals surface area contributed by atoms with Crippen LogP contribution in [0, 0.1) is 6.07 Å². The summed E-state index contributed by atoms with van der Waals surface area (Å²) in [5, 5.41) is 9.47. The molecule has 2 aromatic carbocycles. The molecule has 1 nitrogen and oxygen atoms in total. The van der Waals surface area contributed by atoms with Crippen molar-refractivity contribution < 1.29 is 5.11 Å². The average molecular weight is 237 g/mol. The second-order valence-electron chi connectivity index (χ2n) is 5.00. The molecule has 91 valence electrons. The van der Waals surface area contributed by atoms with E-state index in [4.69, 9.17) is 0 Å². The first-order chi connectivity index (χ1) is 8.87. The van der Waals surface area contributed by atoms with Crippen molar-refractivity contribution in [2.75, 3.05) is 6.61 Å². The van der Waals surface area contributed by atoms with Crippen LogP contribution in [-0.4, -0.2) is 11.7 Å². The lowest BCUT2D eigenvalue weighted by Gasteiger charge is -2.30. The van der Waals surface area contributed by atoms with Crippen LogP contribution in [0.2, 0.25) is 0 Å². The van der Waals surface area contributed by atoms with Gasteiger partial charge in [0.15, 0.2) is 0 Å². The molecule has 1 aliphatic rings. The van der Waals surface area contributed by atoms with Gasteiger partial charge in [-0.1, -0.05) is 42.5 Å². The first kappa shape index (κ1) is 11.5. The van der Waals surface area contributed by atoms with Crippen molar-refractivity contribution in [3.63, 3.8) is 0 Å². The number of hydrogen-bond donors (Lipinski definition) is 1. The molecule has 1 unspecified atom stereocenters. The molecule has 0 fully saturated rings. The summed E-state index contributed by atoms with van der Waals surface area (Å²) in [5.74, 6) is 0. The van der Waals surface area contributed by atoms with Crippen molar-refractivity contribution in [2.24, 2.45) is 0 Å². The second kappa shape index (κ2) is 4.58. The molecule has 1 N–H and O–H groups in total. The molecule has 0 heterocycles. The molecule has 18 heavy (non-hydrogen) atoms. The number of fused-ring (bicyclic) bond motifs is 1. The summed E-state index contributed by atoms with van der Waals surface area (Å²) >= 11 is 0. The fourth-order valence-electron chi connectivity index (χ4n) is 3.26. The molecule has 0 amide bonds. The minimum absolute atomic E-state index is 0.0108. The van der Waals surface area contributed by atoms with Crippen LogP contribution in [0.5, 0.6) is 0 Å². The van der Waals surface area contributed by atoms with Crippen molar-refractivity contribution in [1.82, 2.24) is 0 Å². The van der Waals surface area contributed by atoms with Crippen LogP contribution in [0.3, 0.4) is 0 Å². The molecular weight excluding hydrogens is 220 g/mol. The lowest BCUT2D eigenvalue weighted by Crippen LogP contribution is -2.26. The van der Waals surface area contributed by atoms with Crippen LogP contribution in [0.4, 0.5) is 0 Å². The van der Waals surface area contributed by atoms with Crippen LogP contribution in [0.25, 0.3) is 0 Å². The molecular formula is C17H17O. The zero-order chi connectivity index (χ0) is 12.4. The van der Waals surface area contributed by atoms with Gasteiger partial charge in [0.05, 0.1) is 0 Å². The summed E-state index contributed by atoms with van der Waals surface area (Å²) in [4.78, 5) is 0. The zero-order valence-corrected chi connectivity index (χ0v) is 10.4. The summed E-state index contributed by atoms with van der Waals surface area (Å²) in [6.07, 6.45) is 2.98. The maximum atomic E-state index is 9.47. The molecule has 1 atom stereocenters. The fraction of sp³-hybridized carbons (Fsp3) is 0.294. The summed E-state index contributed by atoms with van der Waals surface area (Å²) in [5.41, 5.74) is 4.07. The average Bonchev–Trinajstić information content (AvgIpc) is 2.81. The van der Waals surface area contributed by atoms with Crippen molar-refractivity contribution in [1.29, 1.82) is 0 Å². The van der Waals surface area contributed by atoms with Crippen molar-refractivity contribution in [3.05, 3.63) is 71.3 Å². The summed E-state index contributed by atoms with van der Waals surface area (Å²) in [6.45, 7) is 0.225.